The Morgan fingerprint density at radius 3 is 2.59 bits per heavy atom. The van der Waals surface area contributed by atoms with Gasteiger partial charge in [-0.25, -0.2) is 5.01 Å². The molecule has 2 heterocycles. The number of fused-ring (bicyclic) bond motifs is 1. The molecule has 5 rings (SSSR count). The minimum atomic E-state index is -0.590. The number of benzene rings is 3. The van der Waals surface area contributed by atoms with Crippen molar-refractivity contribution >= 4 is 28.2 Å². The number of amides is 1. The number of aromatic nitrogens is 2. The van der Waals surface area contributed by atoms with Crippen LogP contribution in [0.15, 0.2) is 84.4 Å². The number of carbonyl (C=O) groups excluding carboxylic acids is 1. The zero-order valence-electron chi connectivity index (χ0n) is 18.4. The van der Waals surface area contributed by atoms with Crippen LogP contribution in [0.1, 0.15) is 23.6 Å². The molecule has 1 atom stereocenters. The molecule has 3 aromatic carbocycles. The topological polar surface area (TPSA) is 103 Å². The minimum Gasteiger partial charge on any atom is -0.497 e. The number of ether oxygens (including phenoxy) is 1. The van der Waals surface area contributed by atoms with Gasteiger partial charge in [0.15, 0.2) is 0 Å². The van der Waals surface area contributed by atoms with E-state index >= 15 is 0 Å². The lowest BCUT2D eigenvalue weighted by Crippen LogP contribution is -2.30. The standard InChI is InChI=1S/C25H21N5O4/c1-34-21-10-8-18(9-11-21)23-13-22(20-7-6-17-4-2-3-5-19(17)12-20)27-29(23)25(31)15-28-14-24(26-16-28)30(32)33/h2-12,14,16,23H,13,15H2,1H3/t23-/m0/s1. The molecule has 1 aliphatic rings. The number of hydrogen-bond donors (Lipinski definition) is 0. The zero-order valence-corrected chi connectivity index (χ0v) is 18.4. The highest BCUT2D eigenvalue weighted by Crippen LogP contribution is 2.34. The van der Waals surface area contributed by atoms with Gasteiger partial charge in [-0.3, -0.25) is 4.79 Å². The molecular formula is C25H21N5O4. The third-order valence-corrected chi connectivity index (χ3v) is 5.87. The highest BCUT2D eigenvalue weighted by Gasteiger charge is 2.33. The van der Waals surface area contributed by atoms with Crippen LogP contribution < -0.4 is 4.74 Å². The summed E-state index contributed by atoms with van der Waals surface area (Å²) in [6, 6.07) is 21.5. The fourth-order valence-electron chi connectivity index (χ4n) is 4.13. The molecule has 0 bridgehead atoms. The van der Waals surface area contributed by atoms with E-state index in [1.165, 1.54) is 22.1 Å². The summed E-state index contributed by atoms with van der Waals surface area (Å²) < 4.78 is 6.66. The van der Waals surface area contributed by atoms with Crippen molar-refractivity contribution in [2.75, 3.05) is 7.11 Å². The third kappa shape index (κ3) is 4.11. The number of nitro groups is 1. The monoisotopic (exact) mass is 455 g/mol. The van der Waals surface area contributed by atoms with Gasteiger partial charge >= 0.3 is 5.82 Å². The number of imidazole rings is 1. The predicted molar refractivity (Wildman–Crippen MR) is 127 cm³/mol. The molecule has 0 aliphatic carbocycles. The van der Waals surface area contributed by atoms with E-state index in [4.69, 9.17) is 9.84 Å². The first-order chi connectivity index (χ1) is 16.5. The van der Waals surface area contributed by atoms with Crippen LogP contribution in [0, 0.1) is 10.1 Å². The van der Waals surface area contributed by atoms with Gasteiger partial charge in [0.2, 0.25) is 6.33 Å². The maximum atomic E-state index is 13.3. The Kier molecular flexibility index (Phi) is 5.51. The highest BCUT2D eigenvalue weighted by molar-refractivity contribution is 6.05. The van der Waals surface area contributed by atoms with Gasteiger partial charge in [0.1, 0.15) is 18.5 Å². The summed E-state index contributed by atoms with van der Waals surface area (Å²) in [4.78, 5) is 27.3. The number of nitrogens with zero attached hydrogens (tertiary/aromatic N) is 5. The summed E-state index contributed by atoms with van der Waals surface area (Å²) in [5.74, 6) is 0.131. The molecule has 9 nitrogen and oxygen atoms in total. The summed E-state index contributed by atoms with van der Waals surface area (Å²) >= 11 is 0. The minimum absolute atomic E-state index is 0.109. The smallest absolute Gasteiger partial charge is 0.381 e. The van der Waals surface area contributed by atoms with Gasteiger partial charge in [-0.2, -0.15) is 5.10 Å². The fourth-order valence-corrected chi connectivity index (χ4v) is 4.13. The van der Waals surface area contributed by atoms with E-state index in [9.17, 15) is 14.9 Å². The van der Waals surface area contributed by atoms with Gasteiger partial charge < -0.3 is 19.4 Å². The molecule has 4 aromatic rings. The largest absolute Gasteiger partial charge is 0.497 e. The third-order valence-electron chi connectivity index (χ3n) is 5.87. The Balaban J connectivity index is 1.48. The van der Waals surface area contributed by atoms with Crippen molar-refractivity contribution in [1.29, 1.82) is 0 Å². The first kappa shape index (κ1) is 21.3. The van der Waals surface area contributed by atoms with E-state index in [2.05, 4.69) is 17.1 Å². The molecular weight excluding hydrogens is 434 g/mol. The Morgan fingerprint density at radius 2 is 1.88 bits per heavy atom. The lowest BCUT2D eigenvalue weighted by molar-refractivity contribution is -0.389. The van der Waals surface area contributed by atoms with Crippen LogP contribution >= 0.6 is 0 Å². The summed E-state index contributed by atoms with van der Waals surface area (Å²) in [6.45, 7) is -0.109. The second-order valence-corrected chi connectivity index (χ2v) is 8.00. The van der Waals surface area contributed by atoms with Crippen molar-refractivity contribution in [1.82, 2.24) is 14.6 Å². The molecule has 0 spiro atoms. The number of methoxy groups -OCH3 is 1. The molecule has 1 amide bonds. The summed E-state index contributed by atoms with van der Waals surface area (Å²) in [5, 5.41) is 19.3. The van der Waals surface area contributed by atoms with Crippen LogP contribution in [-0.2, 0) is 11.3 Å². The van der Waals surface area contributed by atoms with Gasteiger partial charge in [-0.15, -0.1) is 0 Å². The molecule has 0 N–H and O–H groups in total. The van der Waals surface area contributed by atoms with Crippen molar-refractivity contribution in [3.63, 3.8) is 0 Å². The van der Waals surface area contributed by atoms with Crippen molar-refractivity contribution < 1.29 is 14.5 Å². The molecule has 1 aliphatic heterocycles. The van der Waals surface area contributed by atoms with Crippen LogP contribution in [0.5, 0.6) is 5.75 Å². The van der Waals surface area contributed by atoms with Crippen molar-refractivity contribution in [3.05, 3.63) is 100 Å². The highest BCUT2D eigenvalue weighted by atomic mass is 16.6. The van der Waals surface area contributed by atoms with Gasteiger partial charge in [0, 0.05) is 6.42 Å². The second-order valence-electron chi connectivity index (χ2n) is 8.00. The van der Waals surface area contributed by atoms with E-state index in [1.807, 2.05) is 54.6 Å². The average Bonchev–Trinajstić information content (AvgIpc) is 3.52. The molecule has 9 heteroatoms. The Hall–Kier alpha value is -4.53. The summed E-state index contributed by atoms with van der Waals surface area (Å²) in [7, 11) is 1.60. The first-order valence-corrected chi connectivity index (χ1v) is 10.7. The first-order valence-electron chi connectivity index (χ1n) is 10.7. The maximum absolute atomic E-state index is 13.3. The van der Waals surface area contributed by atoms with Crippen molar-refractivity contribution in [2.24, 2.45) is 5.10 Å². The van der Waals surface area contributed by atoms with Crippen molar-refractivity contribution in [2.45, 2.75) is 19.0 Å². The Morgan fingerprint density at radius 1 is 1.12 bits per heavy atom. The molecule has 1 aromatic heterocycles. The summed E-state index contributed by atoms with van der Waals surface area (Å²) in [6.07, 6.45) is 3.06. The number of carbonyl (C=O) groups is 1. The van der Waals surface area contributed by atoms with Crippen LogP contribution in [0.3, 0.4) is 0 Å². The van der Waals surface area contributed by atoms with Crippen LogP contribution in [0.4, 0.5) is 5.82 Å². The van der Waals surface area contributed by atoms with Gasteiger partial charge in [-0.1, -0.05) is 48.5 Å². The van der Waals surface area contributed by atoms with E-state index in [0.29, 0.717) is 6.42 Å². The number of hydrogen-bond acceptors (Lipinski definition) is 6. The Bertz CT molecular complexity index is 1410. The fraction of sp³-hybridized carbons (Fsp3) is 0.160. The average molecular weight is 455 g/mol. The number of hydrazone groups is 1. The molecule has 170 valence electrons. The Labute approximate surface area is 195 Å². The predicted octanol–water partition coefficient (Wildman–Crippen LogP) is 4.33. The van der Waals surface area contributed by atoms with Crippen LogP contribution in [0.25, 0.3) is 10.8 Å². The SMILES string of the molecule is COc1ccc([C@@H]2CC(c3ccc4ccccc4c3)=NN2C(=O)Cn2cnc([N+](=O)[O-])c2)cc1. The quantitative estimate of drug-likeness (QED) is 0.318. The van der Waals surface area contributed by atoms with Gasteiger partial charge in [0.25, 0.3) is 5.91 Å². The van der Waals surface area contributed by atoms with E-state index < -0.39 is 4.92 Å². The molecule has 0 fully saturated rings. The molecule has 34 heavy (non-hydrogen) atoms. The van der Waals surface area contributed by atoms with Gasteiger partial charge in [-0.05, 0) is 50.0 Å². The summed E-state index contributed by atoms with van der Waals surface area (Å²) in [5.41, 5.74) is 2.67. The van der Waals surface area contributed by atoms with Crippen LogP contribution in [0.2, 0.25) is 0 Å². The molecule has 0 radical (unpaired) electrons. The lowest BCUT2D eigenvalue weighted by Gasteiger charge is -2.22. The normalized spacial score (nSPS) is 15.4. The molecule has 0 unspecified atom stereocenters. The van der Waals surface area contributed by atoms with E-state index in [-0.39, 0.29) is 24.3 Å². The van der Waals surface area contributed by atoms with Crippen LogP contribution in [-0.4, -0.2) is 38.2 Å². The zero-order chi connectivity index (χ0) is 23.7. The maximum Gasteiger partial charge on any atom is 0.381 e. The molecule has 0 saturated carbocycles. The number of rotatable bonds is 6. The van der Waals surface area contributed by atoms with Crippen molar-refractivity contribution in [3.8, 4) is 5.75 Å². The second kappa shape index (κ2) is 8.78. The lowest BCUT2D eigenvalue weighted by atomic mass is 9.97. The van der Waals surface area contributed by atoms with E-state index in [0.717, 1.165) is 33.4 Å². The van der Waals surface area contributed by atoms with Gasteiger partial charge in [0.05, 0.1) is 18.9 Å². The van der Waals surface area contributed by atoms with E-state index in [1.54, 1.807) is 7.11 Å². The molecule has 0 saturated heterocycles.